The van der Waals surface area contributed by atoms with Gasteiger partial charge in [0.25, 0.3) is 0 Å². The zero-order valence-corrected chi connectivity index (χ0v) is 21.9. The molecule has 4 atom stereocenters. The van der Waals surface area contributed by atoms with Crippen LogP contribution in [0.3, 0.4) is 0 Å². The van der Waals surface area contributed by atoms with Crippen molar-refractivity contribution in [1.82, 2.24) is 20.9 Å². The molecule has 4 unspecified atom stereocenters. The molecule has 38 heavy (non-hydrogen) atoms. The molecule has 1 aromatic heterocycles. The van der Waals surface area contributed by atoms with Gasteiger partial charge in [-0.25, -0.2) is 4.79 Å². The number of aromatic amines is 1. The molecule has 0 fully saturated rings. The average Bonchev–Trinajstić information content (AvgIpc) is 3.28. The number of aliphatic carboxylic acids is 1. The Bertz CT molecular complexity index is 1090. The molecule has 10 N–H and O–H groups in total. The molecule has 12 nitrogen and oxygen atoms in total. The summed E-state index contributed by atoms with van der Waals surface area (Å²) in [6.45, 7) is 3.48. The molecule has 0 radical (unpaired) electrons. The summed E-state index contributed by atoms with van der Waals surface area (Å²) in [5.74, 6) is -3.16. The summed E-state index contributed by atoms with van der Waals surface area (Å²) in [5.41, 5.74) is 12.9. The number of aromatic nitrogens is 1. The van der Waals surface area contributed by atoms with Crippen LogP contribution in [0.1, 0.15) is 45.1 Å². The van der Waals surface area contributed by atoms with Gasteiger partial charge in [0, 0.05) is 23.5 Å². The summed E-state index contributed by atoms with van der Waals surface area (Å²) < 4.78 is 0. The van der Waals surface area contributed by atoms with Crippen molar-refractivity contribution in [3.05, 3.63) is 36.0 Å². The third-order valence-corrected chi connectivity index (χ3v) is 6.17. The number of hydrogen-bond acceptors (Lipinski definition) is 7. The van der Waals surface area contributed by atoms with Gasteiger partial charge in [0.1, 0.15) is 18.1 Å². The first kappa shape index (κ1) is 30.7. The molecule has 12 heteroatoms. The van der Waals surface area contributed by atoms with Crippen LogP contribution in [0.5, 0.6) is 0 Å². The van der Waals surface area contributed by atoms with Crippen LogP contribution in [0.25, 0.3) is 10.9 Å². The highest BCUT2D eigenvalue weighted by atomic mass is 16.4. The highest BCUT2D eigenvalue weighted by Gasteiger charge is 2.30. The Kier molecular flexibility index (Phi) is 12.2. The van der Waals surface area contributed by atoms with E-state index in [0.29, 0.717) is 25.8 Å². The van der Waals surface area contributed by atoms with E-state index in [4.69, 9.17) is 11.5 Å². The summed E-state index contributed by atoms with van der Waals surface area (Å²) in [6, 6.07) is 2.84. The number of nitrogens with two attached hydrogens (primary N) is 2. The third kappa shape index (κ3) is 9.12. The molecule has 0 saturated heterocycles. The van der Waals surface area contributed by atoms with Crippen molar-refractivity contribution in [2.45, 2.75) is 70.1 Å². The summed E-state index contributed by atoms with van der Waals surface area (Å²) in [7, 11) is 0. The first-order chi connectivity index (χ1) is 18.1. The second-order valence-electron chi connectivity index (χ2n) is 9.79. The average molecular weight is 533 g/mol. The normalized spacial score (nSPS) is 14.5. The highest BCUT2D eigenvalue weighted by molar-refractivity contribution is 5.95. The lowest BCUT2D eigenvalue weighted by atomic mass is 10.0. The second-order valence-corrected chi connectivity index (χ2v) is 9.79. The van der Waals surface area contributed by atoms with E-state index < -0.39 is 54.5 Å². The molecule has 1 aromatic carbocycles. The SMILES string of the molecule is CC(C)CC(N)C(=O)NC(CO)C(=O)NC(Cc1c[nH]c2ccccc12)C(=O)NC(CCCCN)C(=O)O. The summed E-state index contributed by atoms with van der Waals surface area (Å²) in [5, 5.41) is 27.7. The Labute approximate surface area is 221 Å². The van der Waals surface area contributed by atoms with Gasteiger partial charge in [-0.05, 0) is 49.8 Å². The number of aliphatic hydroxyl groups excluding tert-OH is 1. The maximum absolute atomic E-state index is 13.3. The zero-order chi connectivity index (χ0) is 28.2. The molecular weight excluding hydrogens is 492 g/mol. The van der Waals surface area contributed by atoms with Crippen LogP contribution in [0, 0.1) is 5.92 Å². The Morgan fingerprint density at radius 3 is 2.21 bits per heavy atom. The van der Waals surface area contributed by atoms with Gasteiger partial charge < -0.3 is 42.6 Å². The van der Waals surface area contributed by atoms with Gasteiger partial charge in [0.15, 0.2) is 0 Å². The number of carbonyl (C=O) groups excluding carboxylic acids is 3. The zero-order valence-electron chi connectivity index (χ0n) is 21.9. The molecule has 0 aliphatic heterocycles. The van der Waals surface area contributed by atoms with Gasteiger partial charge >= 0.3 is 5.97 Å². The number of hydrogen-bond donors (Lipinski definition) is 8. The van der Waals surface area contributed by atoms with E-state index in [1.165, 1.54) is 0 Å². The number of benzene rings is 1. The largest absolute Gasteiger partial charge is 0.480 e. The summed E-state index contributed by atoms with van der Waals surface area (Å²) in [6.07, 6.45) is 3.42. The Balaban J connectivity index is 2.23. The van der Waals surface area contributed by atoms with E-state index in [1.54, 1.807) is 6.20 Å². The number of carbonyl (C=O) groups is 4. The molecule has 0 spiro atoms. The van der Waals surface area contributed by atoms with Crippen LogP contribution in [0.4, 0.5) is 0 Å². The lowest BCUT2D eigenvalue weighted by molar-refractivity contribution is -0.142. The van der Waals surface area contributed by atoms with Crippen molar-refractivity contribution in [2.24, 2.45) is 17.4 Å². The van der Waals surface area contributed by atoms with E-state index in [2.05, 4.69) is 20.9 Å². The van der Waals surface area contributed by atoms with Gasteiger partial charge in [-0.1, -0.05) is 32.0 Å². The standard InChI is InChI=1S/C26H40N6O6/c1-15(2)11-18(28)23(34)32-22(14-33)25(36)31-21(12-16-13-29-19-8-4-3-7-17(16)19)24(35)30-20(26(37)38)9-5-6-10-27/h3-4,7-8,13,15,18,20-22,29,33H,5-6,9-12,14,27-28H2,1-2H3,(H,30,35)(H,31,36)(H,32,34)(H,37,38). The fraction of sp³-hybridized carbons (Fsp3) is 0.538. The number of para-hydroxylation sites is 1. The van der Waals surface area contributed by atoms with E-state index in [9.17, 15) is 29.4 Å². The first-order valence-electron chi connectivity index (χ1n) is 12.8. The number of rotatable bonds is 16. The van der Waals surface area contributed by atoms with Crippen LogP contribution in [-0.2, 0) is 25.6 Å². The van der Waals surface area contributed by atoms with Gasteiger partial charge in [-0.15, -0.1) is 0 Å². The van der Waals surface area contributed by atoms with Crippen molar-refractivity contribution in [2.75, 3.05) is 13.2 Å². The second kappa shape index (κ2) is 15.1. The quantitative estimate of drug-likeness (QED) is 0.135. The van der Waals surface area contributed by atoms with Crippen LogP contribution in [0.2, 0.25) is 0 Å². The van der Waals surface area contributed by atoms with Crippen molar-refractivity contribution in [3.8, 4) is 0 Å². The van der Waals surface area contributed by atoms with Gasteiger partial charge in [0.2, 0.25) is 17.7 Å². The van der Waals surface area contributed by atoms with Crippen molar-refractivity contribution >= 4 is 34.6 Å². The van der Waals surface area contributed by atoms with Crippen LogP contribution >= 0.6 is 0 Å². The minimum absolute atomic E-state index is 0.0374. The number of fused-ring (bicyclic) bond motifs is 1. The van der Waals surface area contributed by atoms with Crippen molar-refractivity contribution in [3.63, 3.8) is 0 Å². The number of H-pyrrole nitrogens is 1. The van der Waals surface area contributed by atoms with Crippen LogP contribution < -0.4 is 27.4 Å². The highest BCUT2D eigenvalue weighted by Crippen LogP contribution is 2.19. The maximum atomic E-state index is 13.3. The minimum atomic E-state index is -1.35. The fourth-order valence-electron chi connectivity index (χ4n) is 4.11. The molecule has 0 saturated carbocycles. The van der Waals surface area contributed by atoms with E-state index in [1.807, 2.05) is 38.1 Å². The third-order valence-electron chi connectivity index (χ3n) is 6.17. The predicted octanol–water partition coefficient (Wildman–Crippen LogP) is -0.256. The van der Waals surface area contributed by atoms with Crippen molar-refractivity contribution in [1.29, 1.82) is 0 Å². The Hall–Kier alpha value is -3.48. The molecule has 0 aliphatic rings. The molecule has 3 amide bonds. The fourth-order valence-corrected chi connectivity index (χ4v) is 4.11. The number of carboxylic acids is 1. The van der Waals surface area contributed by atoms with Gasteiger partial charge in [-0.3, -0.25) is 14.4 Å². The van der Waals surface area contributed by atoms with E-state index >= 15 is 0 Å². The predicted molar refractivity (Wildman–Crippen MR) is 143 cm³/mol. The molecule has 0 aliphatic carbocycles. The summed E-state index contributed by atoms with van der Waals surface area (Å²) in [4.78, 5) is 53.6. The van der Waals surface area contributed by atoms with Gasteiger partial charge in [0.05, 0.1) is 12.6 Å². The molecular formula is C26H40N6O6. The monoisotopic (exact) mass is 532 g/mol. The van der Waals surface area contributed by atoms with Gasteiger partial charge in [-0.2, -0.15) is 0 Å². The van der Waals surface area contributed by atoms with Crippen LogP contribution in [0.15, 0.2) is 30.5 Å². The Morgan fingerprint density at radius 1 is 0.947 bits per heavy atom. The Morgan fingerprint density at radius 2 is 1.58 bits per heavy atom. The molecule has 1 heterocycles. The number of carboxylic acid groups (broad SMARTS) is 1. The lowest BCUT2D eigenvalue weighted by Gasteiger charge is -2.24. The van der Waals surface area contributed by atoms with E-state index in [-0.39, 0.29) is 18.8 Å². The number of unbranched alkanes of at least 4 members (excludes halogenated alkanes) is 1. The first-order valence-corrected chi connectivity index (χ1v) is 12.8. The summed E-state index contributed by atoms with van der Waals surface area (Å²) >= 11 is 0. The topological polar surface area (TPSA) is 213 Å². The molecule has 2 rings (SSSR count). The van der Waals surface area contributed by atoms with Crippen molar-refractivity contribution < 1.29 is 29.4 Å². The molecule has 0 bridgehead atoms. The number of nitrogens with one attached hydrogen (secondary N) is 4. The lowest BCUT2D eigenvalue weighted by Crippen LogP contribution is -2.58. The number of amides is 3. The maximum Gasteiger partial charge on any atom is 0.326 e. The minimum Gasteiger partial charge on any atom is -0.480 e. The van der Waals surface area contributed by atoms with Crippen LogP contribution in [-0.4, -0.2) is 76.2 Å². The van der Waals surface area contributed by atoms with E-state index in [0.717, 1.165) is 16.5 Å². The molecule has 2 aromatic rings. The molecule has 210 valence electrons. The number of aliphatic hydroxyl groups is 1. The smallest absolute Gasteiger partial charge is 0.326 e.